The number of ether oxygens (including phenoxy) is 3. The van der Waals surface area contributed by atoms with Crippen molar-refractivity contribution < 1.29 is 28.6 Å². The molecule has 0 N–H and O–H groups in total. The quantitative estimate of drug-likeness (QED) is 0.319. The molecule has 1 aliphatic carbocycles. The normalized spacial score (nSPS) is 29.9. The molecule has 0 unspecified atom stereocenters. The minimum absolute atomic E-state index is 0.0178. The standard InChI is InChI=1S/C35H46N4O6/c1-34(2,3)25-19-31(41)45-35(4)16-9-11-22(35)10-7-6-8-12-27-32(38-28-18-23(43-5)13-14-26(28)37-27)44-30-20-39(33(25)42)29(21-40)24(30)15-17-36/h13-14,18,21-22,24-25,29-30H,6-12,15-16,19-20H2,1-5H3/t22-,24+,25-,29-,30+,35-/m1/s1. The van der Waals surface area contributed by atoms with E-state index < -0.39 is 35.0 Å². The summed E-state index contributed by atoms with van der Waals surface area (Å²) in [6.45, 7) is 7.90. The van der Waals surface area contributed by atoms with Crippen LogP contribution in [-0.2, 0) is 25.5 Å². The molecule has 2 aromatic rings. The molecular weight excluding hydrogens is 572 g/mol. The third kappa shape index (κ3) is 6.92. The number of benzene rings is 1. The Bertz CT molecular complexity index is 1460. The van der Waals surface area contributed by atoms with Gasteiger partial charge in [0.2, 0.25) is 11.8 Å². The maximum absolute atomic E-state index is 14.3. The van der Waals surface area contributed by atoms with E-state index in [9.17, 15) is 19.6 Å². The number of methoxy groups -OCH3 is 1. The van der Waals surface area contributed by atoms with Crippen molar-refractivity contribution in [3.05, 3.63) is 23.9 Å². The minimum Gasteiger partial charge on any atom is -0.497 e. The molecule has 3 heterocycles. The first-order chi connectivity index (χ1) is 21.5. The van der Waals surface area contributed by atoms with E-state index in [1.54, 1.807) is 13.2 Å². The fourth-order valence-corrected chi connectivity index (χ4v) is 7.46. The van der Waals surface area contributed by atoms with Crippen LogP contribution in [0, 0.1) is 34.5 Å². The molecule has 10 heteroatoms. The predicted molar refractivity (Wildman–Crippen MR) is 167 cm³/mol. The summed E-state index contributed by atoms with van der Waals surface area (Å²) in [5.74, 6) is -0.724. The van der Waals surface area contributed by atoms with Gasteiger partial charge in [0.15, 0.2) is 0 Å². The largest absolute Gasteiger partial charge is 0.497 e. The molecule has 2 fully saturated rings. The second-order valence-electron chi connectivity index (χ2n) is 14.2. The van der Waals surface area contributed by atoms with E-state index >= 15 is 0 Å². The number of aldehydes is 1. The summed E-state index contributed by atoms with van der Waals surface area (Å²) in [5.41, 5.74) is 0.905. The monoisotopic (exact) mass is 618 g/mol. The molecule has 1 saturated carbocycles. The van der Waals surface area contributed by atoms with Gasteiger partial charge in [-0.25, -0.2) is 9.97 Å². The lowest BCUT2D eigenvalue weighted by Crippen LogP contribution is -2.47. The molecule has 2 aliphatic heterocycles. The third-order valence-corrected chi connectivity index (χ3v) is 10.2. The van der Waals surface area contributed by atoms with Crippen molar-refractivity contribution in [3.8, 4) is 17.7 Å². The molecule has 1 aromatic carbocycles. The van der Waals surface area contributed by atoms with Gasteiger partial charge in [-0.1, -0.05) is 33.6 Å². The van der Waals surface area contributed by atoms with Crippen molar-refractivity contribution in [2.75, 3.05) is 13.7 Å². The van der Waals surface area contributed by atoms with Crippen LogP contribution in [0.1, 0.15) is 91.2 Å². The zero-order valence-corrected chi connectivity index (χ0v) is 27.2. The molecule has 1 amide bonds. The van der Waals surface area contributed by atoms with Crippen LogP contribution in [0.2, 0.25) is 0 Å². The highest BCUT2D eigenvalue weighted by Gasteiger charge is 2.50. The summed E-state index contributed by atoms with van der Waals surface area (Å²) < 4.78 is 18.2. The number of fused-ring (bicyclic) bond motifs is 5. The van der Waals surface area contributed by atoms with Crippen LogP contribution in [0.15, 0.2) is 18.2 Å². The van der Waals surface area contributed by atoms with Crippen LogP contribution in [-0.4, -0.2) is 64.4 Å². The van der Waals surface area contributed by atoms with Crippen molar-refractivity contribution >= 4 is 29.2 Å². The van der Waals surface area contributed by atoms with Gasteiger partial charge in [0.25, 0.3) is 0 Å². The maximum Gasteiger partial charge on any atom is 0.307 e. The Morgan fingerprint density at radius 3 is 2.62 bits per heavy atom. The van der Waals surface area contributed by atoms with E-state index in [0.717, 1.165) is 56.7 Å². The van der Waals surface area contributed by atoms with Crippen molar-refractivity contribution in [3.63, 3.8) is 0 Å². The second kappa shape index (κ2) is 13.3. The number of nitriles is 1. The molecule has 5 rings (SSSR count). The van der Waals surface area contributed by atoms with Gasteiger partial charge in [-0.3, -0.25) is 9.59 Å². The highest BCUT2D eigenvalue weighted by Crippen LogP contribution is 2.43. The topological polar surface area (TPSA) is 132 Å². The fraction of sp³-hybridized carbons (Fsp3) is 0.657. The SMILES string of the molecule is COc1ccc2nc3c(nc2c1)O[C@H]1CN(C(=O)[C@H](C(C)(C)C)CC(=O)O[C@]2(C)CCC[C@H]2CCCCC3)[C@H](C=O)[C@@H]1CC#N. The molecule has 0 spiro atoms. The van der Waals surface area contributed by atoms with Gasteiger partial charge < -0.3 is 23.9 Å². The molecule has 0 radical (unpaired) electrons. The van der Waals surface area contributed by atoms with Gasteiger partial charge in [0.05, 0.1) is 49.1 Å². The van der Waals surface area contributed by atoms with Crippen LogP contribution < -0.4 is 9.47 Å². The number of rotatable bonds is 3. The first-order valence-corrected chi connectivity index (χ1v) is 16.3. The highest BCUT2D eigenvalue weighted by atomic mass is 16.6. The zero-order chi connectivity index (χ0) is 32.4. The van der Waals surface area contributed by atoms with Crippen LogP contribution in [0.25, 0.3) is 11.0 Å². The number of nitrogens with zero attached hydrogens (tertiary/aromatic N) is 4. The first-order valence-electron chi connectivity index (χ1n) is 16.3. The van der Waals surface area contributed by atoms with Crippen molar-refractivity contribution in [1.82, 2.24) is 14.9 Å². The van der Waals surface area contributed by atoms with Gasteiger partial charge in [-0.2, -0.15) is 5.26 Å². The number of esters is 1. The van der Waals surface area contributed by atoms with Gasteiger partial charge in [-0.15, -0.1) is 0 Å². The molecule has 3 aliphatic rings. The lowest BCUT2D eigenvalue weighted by atomic mass is 9.77. The van der Waals surface area contributed by atoms with E-state index in [1.165, 1.54) is 4.90 Å². The average molecular weight is 619 g/mol. The first kappa shape index (κ1) is 32.6. The van der Waals surface area contributed by atoms with Crippen molar-refractivity contribution in [1.29, 1.82) is 5.26 Å². The van der Waals surface area contributed by atoms with Gasteiger partial charge in [0.1, 0.15) is 29.4 Å². The van der Waals surface area contributed by atoms with Gasteiger partial charge in [0, 0.05) is 18.4 Å². The lowest BCUT2D eigenvalue weighted by Gasteiger charge is -2.36. The lowest BCUT2D eigenvalue weighted by molar-refractivity contribution is -0.167. The van der Waals surface area contributed by atoms with E-state index in [-0.39, 0.29) is 37.2 Å². The molecule has 45 heavy (non-hydrogen) atoms. The number of carbonyl (C=O) groups is 3. The smallest absolute Gasteiger partial charge is 0.307 e. The summed E-state index contributed by atoms with van der Waals surface area (Å²) in [6, 6.07) is 6.83. The Morgan fingerprint density at radius 1 is 1.13 bits per heavy atom. The number of aryl methyl sites for hydroxylation is 1. The number of carbonyl (C=O) groups excluding carboxylic acids is 3. The molecule has 242 valence electrons. The molecule has 2 bridgehead atoms. The number of hydrogen-bond acceptors (Lipinski definition) is 9. The van der Waals surface area contributed by atoms with E-state index in [0.29, 0.717) is 29.3 Å². The Morgan fingerprint density at radius 2 is 1.91 bits per heavy atom. The Labute approximate surface area is 265 Å². The number of amides is 1. The van der Waals surface area contributed by atoms with E-state index in [4.69, 9.17) is 24.2 Å². The number of aromatic nitrogens is 2. The molecule has 1 saturated heterocycles. The summed E-state index contributed by atoms with van der Waals surface area (Å²) in [7, 11) is 1.59. The van der Waals surface area contributed by atoms with Crippen molar-refractivity contribution in [2.45, 2.75) is 110 Å². The fourth-order valence-electron chi connectivity index (χ4n) is 7.46. The van der Waals surface area contributed by atoms with Gasteiger partial charge >= 0.3 is 5.97 Å². The highest BCUT2D eigenvalue weighted by molar-refractivity contribution is 5.87. The van der Waals surface area contributed by atoms with E-state index in [2.05, 4.69) is 6.07 Å². The Balaban J connectivity index is 1.55. The second-order valence-corrected chi connectivity index (χ2v) is 14.2. The molecule has 1 aromatic heterocycles. The molecular formula is C35H46N4O6. The van der Waals surface area contributed by atoms with E-state index in [1.807, 2.05) is 39.8 Å². The average Bonchev–Trinajstić information content (AvgIpc) is 3.53. The summed E-state index contributed by atoms with van der Waals surface area (Å²) in [5, 5.41) is 9.74. The van der Waals surface area contributed by atoms with Gasteiger partial charge in [-0.05, 0) is 68.9 Å². The Kier molecular flexibility index (Phi) is 9.66. The summed E-state index contributed by atoms with van der Waals surface area (Å²) in [6.07, 6.45) is 7.28. The number of hydrogen-bond donors (Lipinski definition) is 0. The van der Waals surface area contributed by atoms with Crippen LogP contribution in [0.3, 0.4) is 0 Å². The summed E-state index contributed by atoms with van der Waals surface area (Å²) in [4.78, 5) is 51.6. The zero-order valence-electron chi connectivity index (χ0n) is 27.2. The minimum atomic E-state index is -0.876. The Hall–Kier alpha value is -3.74. The van der Waals surface area contributed by atoms with Crippen LogP contribution in [0.4, 0.5) is 0 Å². The van der Waals surface area contributed by atoms with Crippen molar-refractivity contribution in [2.24, 2.45) is 23.2 Å². The molecule has 10 nitrogen and oxygen atoms in total. The maximum atomic E-state index is 14.3. The predicted octanol–water partition coefficient (Wildman–Crippen LogP) is 5.60. The molecule has 6 atom stereocenters. The van der Waals surface area contributed by atoms with Crippen LogP contribution >= 0.6 is 0 Å². The summed E-state index contributed by atoms with van der Waals surface area (Å²) >= 11 is 0. The third-order valence-electron chi connectivity index (χ3n) is 10.2. The van der Waals surface area contributed by atoms with Crippen LogP contribution in [0.5, 0.6) is 11.6 Å².